The van der Waals surface area contributed by atoms with Crippen LogP contribution in [0.25, 0.3) is 17.4 Å². The first-order valence-corrected chi connectivity index (χ1v) is 9.38. The van der Waals surface area contributed by atoms with Gasteiger partial charge in [0.2, 0.25) is 5.90 Å². The highest BCUT2D eigenvalue weighted by molar-refractivity contribution is 9.10. The van der Waals surface area contributed by atoms with Crippen molar-refractivity contribution in [2.75, 3.05) is 0 Å². The minimum absolute atomic E-state index is 0.163. The third kappa shape index (κ3) is 3.86. The van der Waals surface area contributed by atoms with Crippen LogP contribution in [0.3, 0.4) is 0 Å². The molecule has 0 saturated carbocycles. The van der Waals surface area contributed by atoms with Gasteiger partial charge in [-0.3, -0.25) is 0 Å². The molecule has 0 aliphatic carbocycles. The Bertz CT molecular complexity index is 1100. The Morgan fingerprint density at radius 3 is 2.52 bits per heavy atom. The van der Waals surface area contributed by atoms with Crippen molar-refractivity contribution in [3.8, 4) is 11.3 Å². The third-order valence-corrected chi connectivity index (χ3v) is 4.89. The van der Waals surface area contributed by atoms with Gasteiger partial charge in [-0.25, -0.2) is 9.79 Å². The number of nitrogens with zero attached hydrogens (tertiary/aromatic N) is 1. The third-order valence-electron chi connectivity index (χ3n) is 3.81. The smallest absolute Gasteiger partial charge is 0.363 e. The summed E-state index contributed by atoms with van der Waals surface area (Å²) in [5.74, 6) is 0.748. The molecule has 0 atom stereocenters. The summed E-state index contributed by atoms with van der Waals surface area (Å²) in [6, 6.07) is 16.0. The van der Waals surface area contributed by atoms with Gasteiger partial charge >= 0.3 is 5.97 Å². The van der Waals surface area contributed by atoms with Crippen molar-refractivity contribution in [3.05, 3.63) is 86.1 Å². The molecule has 2 heterocycles. The number of aliphatic imine (C=N–C) groups is 1. The molecule has 4 rings (SSSR count). The number of hydrogen-bond donors (Lipinski definition) is 0. The van der Waals surface area contributed by atoms with Gasteiger partial charge in [0.1, 0.15) is 11.5 Å². The molecule has 0 unspecified atom stereocenters. The van der Waals surface area contributed by atoms with E-state index >= 15 is 0 Å². The van der Waals surface area contributed by atoms with Crippen LogP contribution in [0, 0.1) is 0 Å². The fourth-order valence-corrected chi connectivity index (χ4v) is 3.29. The maximum Gasteiger partial charge on any atom is 0.363 e. The average Bonchev–Trinajstić information content (AvgIpc) is 3.23. The molecule has 3 aromatic rings. The number of hydrogen-bond acceptors (Lipinski definition) is 4. The van der Waals surface area contributed by atoms with Gasteiger partial charge in [0.25, 0.3) is 0 Å². The summed E-state index contributed by atoms with van der Waals surface area (Å²) in [4.78, 5) is 16.4. The van der Waals surface area contributed by atoms with Gasteiger partial charge in [-0.2, -0.15) is 0 Å². The summed E-state index contributed by atoms with van der Waals surface area (Å²) in [5, 5.41) is 1.02. The summed E-state index contributed by atoms with van der Waals surface area (Å²) in [6.07, 6.45) is 1.53. The van der Waals surface area contributed by atoms with Gasteiger partial charge < -0.3 is 9.15 Å². The molecule has 134 valence electrons. The predicted molar refractivity (Wildman–Crippen MR) is 109 cm³/mol. The summed E-state index contributed by atoms with van der Waals surface area (Å²) >= 11 is 15.5. The molecule has 0 N–H and O–H groups in total. The molecule has 0 saturated heterocycles. The van der Waals surface area contributed by atoms with Crippen molar-refractivity contribution < 1.29 is 13.9 Å². The van der Waals surface area contributed by atoms with E-state index in [1.165, 1.54) is 6.08 Å². The number of ether oxygens (including phenoxy) is 1. The standard InChI is InChI=1S/C20H10BrCl2NO3/c21-12-3-1-11(2-4-12)19-24-17(20(25)27-19)10-14-6-8-18(26-14)15-7-5-13(22)9-16(15)23/h1-10H/b17-10-. The Hall–Kier alpha value is -2.34. The first-order chi connectivity index (χ1) is 13.0. The highest BCUT2D eigenvalue weighted by Crippen LogP contribution is 2.32. The van der Waals surface area contributed by atoms with Crippen LogP contribution in [0.1, 0.15) is 11.3 Å². The second-order valence-corrected chi connectivity index (χ2v) is 7.43. The van der Waals surface area contributed by atoms with Crippen LogP contribution in [0.4, 0.5) is 0 Å². The Morgan fingerprint density at radius 2 is 1.78 bits per heavy atom. The van der Waals surface area contributed by atoms with E-state index in [4.69, 9.17) is 32.4 Å². The van der Waals surface area contributed by atoms with Gasteiger partial charge in [0.05, 0.1) is 5.02 Å². The molecule has 0 fully saturated rings. The minimum atomic E-state index is -0.532. The minimum Gasteiger partial charge on any atom is -0.457 e. The molecule has 0 radical (unpaired) electrons. The van der Waals surface area contributed by atoms with E-state index in [2.05, 4.69) is 20.9 Å². The number of esters is 1. The van der Waals surface area contributed by atoms with E-state index in [0.29, 0.717) is 32.7 Å². The zero-order chi connectivity index (χ0) is 19.0. The normalized spacial score (nSPS) is 15.1. The summed E-state index contributed by atoms with van der Waals surface area (Å²) in [6.45, 7) is 0. The monoisotopic (exact) mass is 461 g/mol. The Labute approximate surface area is 173 Å². The Balaban J connectivity index is 1.63. The number of furan rings is 1. The molecule has 0 bridgehead atoms. The van der Waals surface area contributed by atoms with Crippen molar-refractivity contribution in [3.63, 3.8) is 0 Å². The zero-order valence-corrected chi connectivity index (χ0v) is 16.7. The predicted octanol–water partition coefficient (Wildman–Crippen LogP) is 6.36. The average molecular weight is 463 g/mol. The lowest BCUT2D eigenvalue weighted by Crippen LogP contribution is -2.05. The molecule has 27 heavy (non-hydrogen) atoms. The lowest BCUT2D eigenvalue weighted by atomic mass is 10.2. The van der Waals surface area contributed by atoms with E-state index in [1.54, 1.807) is 30.3 Å². The molecule has 1 aliphatic heterocycles. The fraction of sp³-hybridized carbons (Fsp3) is 0. The molecular formula is C20H10BrCl2NO3. The van der Waals surface area contributed by atoms with Crippen molar-refractivity contribution >= 4 is 57.1 Å². The quantitative estimate of drug-likeness (QED) is 0.336. The van der Waals surface area contributed by atoms with Crippen LogP contribution in [0.5, 0.6) is 0 Å². The van der Waals surface area contributed by atoms with Crippen LogP contribution in [-0.2, 0) is 9.53 Å². The molecule has 0 amide bonds. The van der Waals surface area contributed by atoms with E-state index in [1.807, 2.05) is 24.3 Å². The summed E-state index contributed by atoms with van der Waals surface area (Å²) in [5.41, 5.74) is 1.58. The SMILES string of the molecule is O=C1OC(c2ccc(Br)cc2)=N/C1=C\c1ccc(-c2ccc(Cl)cc2Cl)o1. The zero-order valence-electron chi connectivity index (χ0n) is 13.6. The molecular weight excluding hydrogens is 453 g/mol. The van der Waals surface area contributed by atoms with Crippen molar-refractivity contribution in [1.82, 2.24) is 0 Å². The molecule has 4 nitrogen and oxygen atoms in total. The van der Waals surface area contributed by atoms with Crippen molar-refractivity contribution in [2.45, 2.75) is 0 Å². The maximum atomic E-state index is 12.1. The fourth-order valence-electron chi connectivity index (χ4n) is 2.52. The highest BCUT2D eigenvalue weighted by Gasteiger charge is 2.24. The van der Waals surface area contributed by atoms with Gasteiger partial charge in [0, 0.05) is 26.7 Å². The topological polar surface area (TPSA) is 51.8 Å². The first-order valence-electron chi connectivity index (χ1n) is 7.83. The molecule has 1 aromatic heterocycles. The summed E-state index contributed by atoms with van der Waals surface area (Å²) < 4.78 is 11.9. The second-order valence-electron chi connectivity index (χ2n) is 5.67. The van der Waals surface area contributed by atoms with Crippen molar-refractivity contribution in [1.29, 1.82) is 0 Å². The van der Waals surface area contributed by atoms with Crippen LogP contribution < -0.4 is 0 Å². The van der Waals surface area contributed by atoms with E-state index in [0.717, 1.165) is 4.47 Å². The summed E-state index contributed by atoms with van der Waals surface area (Å²) in [7, 11) is 0. The molecule has 2 aromatic carbocycles. The van der Waals surface area contributed by atoms with Crippen LogP contribution in [0.2, 0.25) is 10.0 Å². The van der Waals surface area contributed by atoms with E-state index in [9.17, 15) is 4.79 Å². The number of carbonyl (C=O) groups excluding carboxylic acids is 1. The maximum absolute atomic E-state index is 12.1. The lowest BCUT2D eigenvalue weighted by Gasteiger charge is -2.00. The van der Waals surface area contributed by atoms with Crippen LogP contribution >= 0.6 is 39.1 Å². The molecule has 1 aliphatic rings. The number of cyclic esters (lactones) is 1. The number of benzene rings is 2. The number of rotatable bonds is 3. The van der Waals surface area contributed by atoms with Crippen LogP contribution in [-0.4, -0.2) is 11.9 Å². The second kappa shape index (κ2) is 7.35. The van der Waals surface area contributed by atoms with Gasteiger partial charge in [-0.05, 0) is 54.6 Å². The molecule has 7 heteroatoms. The lowest BCUT2D eigenvalue weighted by molar-refractivity contribution is -0.129. The van der Waals surface area contributed by atoms with E-state index in [-0.39, 0.29) is 11.6 Å². The first kappa shape index (κ1) is 18.0. The van der Waals surface area contributed by atoms with Gasteiger partial charge in [0.15, 0.2) is 5.70 Å². The Morgan fingerprint density at radius 1 is 1.00 bits per heavy atom. The molecule has 0 spiro atoms. The van der Waals surface area contributed by atoms with Gasteiger partial charge in [-0.15, -0.1) is 0 Å². The van der Waals surface area contributed by atoms with Gasteiger partial charge in [-0.1, -0.05) is 39.1 Å². The van der Waals surface area contributed by atoms with Crippen LogP contribution in [0.15, 0.2) is 74.2 Å². The highest BCUT2D eigenvalue weighted by atomic mass is 79.9. The van der Waals surface area contributed by atoms with E-state index < -0.39 is 5.97 Å². The largest absolute Gasteiger partial charge is 0.457 e. The number of carbonyl (C=O) groups is 1. The van der Waals surface area contributed by atoms with Crippen molar-refractivity contribution in [2.24, 2.45) is 4.99 Å². The Kier molecular flexibility index (Phi) is 4.91. The number of halogens is 3.